The summed E-state index contributed by atoms with van der Waals surface area (Å²) >= 11 is 0. The number of nitrogens with one attached hydrogen (secondary N) is 2. The molecule has 114 valence electrons. The van der Waals surface area contributed by atoms with Gasteiger partial charge in [0.15, 0.2) is 0 Å². The molecule has 1 unspecified atom stereocenters. The molecule has 1 aliphatic rings. The quantitative estimate of drug-likeness (QED) is 0.869. The third kappa shape index (κ3) is 4.41. The SMILES string of the molecule is Cc1ccc(S(=O)(=O)NCCC2CCNC2)cc1F.Cl. The first-order chi connectivity index (χ1) is 8.99. The molecule has 1 atom stereocenters. The average molecular weight is 323 g/mol. The van der Waals surface area contributed by atoms with Crippen LogP contribution in [0.1, 0.15) is 18.4 Å². The number of halogens is 2. The van der Waals surface area contributed by atoms with E-state index in [4.69, 9.17) is 0 Å². The normalized spacial score (nSPS) is 18.8. The molecule has 1 heterocycles. The molecule has 4 nitrogen and oxygen atoms in total. The molecule has 0 bridgehead atoms. The summed E-state index contributed by atoms with van der Waals surface area (Å²) in [6.07, 6.45) is 1.89. The van der Waals surface area contributed by atoms with E-state index in [0.29, 0.717) is 18.0 Å². The first kappa shape index (κ1) is 17.4. The molecule has 1 aliphatic heterocycles. The van der Waals surface area contributed by atoms with E-state index in [-0.39, 0.29) is 17.3 Å². The number of rotatable bonds is 5. The molecule has 0 amide bonds. The topological polar surface area (TPSA) is 58.2 Å². The highest BCUT2D eigenvalue weighted by Gasteiger charge is 2.18. The van der Waals surface area contributed by atoms with E-state index in [2.05, 4.69) is 10.0 Å². The van der Waals surface area contributed by atoms with Gasteiger partial charge >= 0.3 is 0 Å². The van der Waals surface area contributed by atoms with Gasteiger partial charge in [-0.1, -0.05) is 6.07 Å². The molecule has 2 N–H and O–H groups in total. The second kappa shape index (κ2) is 7.36. The van der Waals surface area contributed by atoms with Crippen molar-refractivity contribution in [3.05, 3.63) is 29.6 Å². The highest BCUT2D eigenvalue weighted by atomic mass is 35.5. The van der Waals surface area contributed by atoms with Crippen LogP contribution in [0.3, 0.4) is 0 Å². The summed E-state index contributed by atoms with van der Waals surface area (Å²) in [5, 5.41) is 3.24. The van der Waals surface area contributed by atoms with Crippen LogP contribution in [0, 0.1) is 18.7 Å². The molecular formula is C13H20ClFN2O2S. The first-order valence-corrected chi connectivity index (χ1v) is 7.94. The Morgan fingerprint density at radius 2 is 2.20 bits per heavy atom. The Morgan fingerprint density at radius 3 is 2.80 bits per heavy atom. The summed E-state index contributed by atoms with van der Waals surface area (Å²) in [6, 6.07) is 3.97. The molecule has 7 heteroatoms. The Balaban J connectivity index is 0.00000200. The Bertz CT molecular complexity index is 545. The van der Waals surface area contributed by atoms with Gasteiger partial charge in [0.2, 0.25) is 10.0 Å². The van der Waals surface area contributed by atoms with E-state index >= 15 is 0 Å². The van der Waals surface area contributed by atoms with Gasteiger partial charge in [-0.05, 0) is 56.5 Å². The lowest BCUT2D eigenvalue weighted by molar-refractivity contribution is 0.519. The second-order valence-electron chi connectivity index (χ2n) is 4.96. The van der Waals surface area contributed by atoms with E-state index in [9.17, 15) is 12.8 Å². The largest absolute Gasteiger partial charge is 0.316 e. The highest BCUT2D eigenvalue weighted by molar-refractivity contribution is 7.89. The number of sulfonamides is 1. The molecule has 1 aromatic rings. The van der Waals surface area contributed by atoms with E-state index in [1.165, 1.54) is 12.1 Å². The third-order valence-electron chi connectivity index (χ3n) is 3.46. The maximum Gasteiger partial charge on any atom is 0.240 e. The maximum atomic E-state index is 13.4. The molecular weight excluding hydrogens is 303 g/mol. The molecule has 0 aromatic heterocycles. The standard InChI is InChI=1S/C13H19FN2O2S.ClH/c1-10-2-3-12(8-13(10)14)19(17,18)16-7-5-11-4-6-15-9-11;/h2-3,8,11,15-16H,4-7,9H2,1H3;1H. The molecule has 1 aromatic carbocycles. The van der Waals surface area contributed by atoms with Gasteiger partial charge in [-0.3, -0.25) is 0 Å². The molecule has 0 saturated carbocycles. The zero-order chi connectivity index (χ0) is 13.9. The van der Waals surface area contributed by atoms with Gasteiger partial charge in [-0.15, -0.1) is 12.4 Å². The van der Waals surface area contributed by atoms with Crippen LogP contribution in [0.5, 0.6) is 0 Å². The molecule has 1 saturated heterocycles. The minimum Gasteiger partial charge on any atom is -0.316 e. The van der Waals surface area contributed by atoms with E-state index in [1.807, 2.05) is 0 Å². The van der Waals surface area contributed by atoms with Crippen LogP contribution >= 0.6 is 12.4 Å². The number of aryl methyl sites for hydroxylation is 1. The molecule has 2 rings (SSSR count). The summed E-state index contributed by atoms with van der Waals surface area (Å²) in [4.78, 5) is -0.0138. The Labute approximate surface area is 125 Å². The van der Waals surface area contributed by atoms with E-state index < -0.39 is 15.8 Å². The van der Waals surface area contributed by atoms with Crippen molar-refractivity contribution < 1.29 is 12.8 Å². The van der Waals surface area contributed by atoms with Gasteiger partial charge in [0.25, 0.3) is 0 Å². The lowest BCUT2D eigenvalue weighted by atomic mass is 10.1. The van der Waals surface area contributed by atoms with Crippen molar-refractivity contribution in [2.75, 3.05) is 19.6 Å². The van der Waals surface area contributed by atoms with Crippen LogP contribution in [0.2, 0.25) is 0 Å². The lowest BCUT2D eigenvalue weighted by Crippen LogP contribution is -2.26. The molecule has 1 fully saturated rings. The Morgan fingerprint density at radius 1 is 1.45 bits per heavy atom. The highest BCUT2D eigenvalue weighted by Crippen LogP contribution is 2.15. The smallest absolute Gasteiger partial charge is 0.240 e. The predicted octanol–water partition coefficient (Wildman–Crippen LogP) is 1.83. The molecule has 0 radical (unpaired) electrons. The average Bonchev–Trinajstić information content (AvgIpc) is 2.85. The minimum absolute atomic E-state index is 0. The number of hydrogen-bond acceptors (Lipinski definition) is 3. The number of hydrogen-bond donors (Lipinski definition) is 2. The van der Waals surface area contributed by atoms with Crippen molar-refractivity contribution in [2.45, 2.75) is 24.7 Å². The second-order valence-corrected chi connectivity index (χ2v) is 6.72. The molecule has 0 spiro atoms. The van der Waals surface area contributed by atoms with Gasteiger partial charge < -0.3 is 5.32 Å². The minimum atomic E-state index is -3.60. The van der Waals surface area contributed by atoms with Crippen LogP contribution in [-0.2, 0) is 10.0 Å². The summed E-state index contributed by atoms with van der Waals surface area (Å²) in [6.45, 7) is 3.94. The van der Waals surface area contributed by atoms with Gasteiger partial charge in [-0.25, -0.2) is 17.5 Å². The Kier molecular flexibility index (Phi) is 6.39. The lowest BCUT2D eigenvalue weighted by Gasteiger charge is -2.10. The van der Waals surface area contributed by atoms with Crippen LogP contribution in [0.25, 0.3) is 0 Å². The van der Waals surface area contributed by atoms with Crippen molar-refractivity contribution in [1.29, 1.82) is 0 Å². The van der Waals surface area contributed by atoms with Gasteiger partial charge in [0.1, 0.15) is 5.82 Å². The van der Waals surface area contributed by atoms with Crippen molar-refractivity contribution in [2.24, 2.45) is 5.92 Å². The van der Waals surface area contributed by atoms with E-state index in [0.717, 1.165) is 32.0 Å². The summed E-state index contributed by atoms with van der Waals surface area (Å²) in [5.41, 5.74) is 0.441. The maximum absolute atomic E-state index is 13.4. The van der Waals surface area contributed by atoms with Crippen molar-refractivity contribution >= 4 is 22.4 Å². The van der Waals surface area contributed by atoms with Crippen LogP contribution < -0.4 is 10.0 Å². The fraction of sp³-hybridized carbons (Fsp3) is 0.538. The van der Waals surface area contributed by atoms with Gasteiger partial charge in [0.05, 0.1) is 4.90 Å². The Hall–Kier alpha value is -0.690. The van der Waals surface area contributed by atoms with Crippen molar-refractivity contribution in [1.82, 2.24) is 10.0 Å². The zero-order valence-corrected chi connectivity index (χ0v) is 13.0. The summed E-state index contributed by atoms with van der Waals surface area (Å²) in [5.74, 6) is 0.0281. The number of benzene rings is 1. The van der Waals surface area contributed by atoms with Gasteiger partial charge in [-0.2, -0.15) is 0 Å². The van der Waals surface area contributed by atoms with Crippen LogP contribution in [-0.4, -0.2) is 28.1 Å². The third-order valence-corrected chi connectivity index (χ3v) is 4.92. The first-order valence-electron chi connectivity index (χ1n) is 6.45. The van der Waals surface area contributed by atoms with Crippen LogP contribution in [0.15, 0.2) is 23.1 Å². The zero-order valence-electron chi connectivity index (χ0n) is 11.4. The summed E-state index contributed by atoms with van der Waals surface area (Å²) in [7, 11) is -3.60. The monoisotopic (exact) mass is 322 g/mol. The van der Waals surface area contributed by atoms with Crippen molar-refractivity contribution in [3.63, 3.8) is 0 Å². The summed E-state index contributed by atoms with van der Waals surface area (Å²) < 4.78 is 39.9. The van der Waals surface area contributed by atoms with Gasteiger partial charge in [0, 0.05) is 6.54 Å². The molecule has 0 aliphatic carbocycles. The van der Waals surface area contributed by atoms with Crippen molar-refractivity contribution in [3.8, 4) is 0 Å². The molecule has 20 heavy (non-hydrogen) atoms. The van der Waals surface area contributed by atoms with E-state index in [1.54, 1.807) is 6.92 Å². The fourth-order valence-corrected chi connectivity index (χ4v) is 3.24. The fourth-order valence-electron chi connectivity index (χ4n) is 2.18. The predicted molar refractivity (Wildman–Crippen MR) is 79.2 cm³/mol. The van der Waals surface area contributed by atoms with Crippen LogP contribution in [0.4, 0.5) is 4.39 Å².